The lowest BCUT2D eigenvalue weighted by Crippen LogP contribution is -1.98. The molecule has 82 valence electrons. The van der Waals surface area contributed by atoms with Gasteiger partial charge in [-0.25, -0.2) is 0 Å². The van der Waals surface area contributed by atoms with Gasteiger partial charge in [0, 0.05) is 22.3 Å². The van der Waals surface area contributed by atoms with E-state index in [9.17, 15) is 4.79 Å². The van der Waals surface area contributed by atoms with Crippen LogP contribution in [0.25, 0.3) is 10.9 Å². The molecule has 0 unspecified atom stereocenters. The molecule has 1 aliphatic carbocycles. The van der Waals surface area contributed by atoms with Crippen molar-refractivity contribution in [2.45, 2.75) is 25.7 Å². The van der Waals surface area contributed by atoms with Crippen LogP contribution in [-0.2, 0) is 6.42 Å². The van der Waals surface area contributed by atoms with Gasteiger partial charge in [-0.3, -0.25) is 4.79 Å². The molecule has 1 aliphatic rings. The number of H-pyrrole nitrogens is 1. The summed E-state index contributed by atoms with van der Waals surface area (Å²) in [7, 11) is 0. The van der Waals surface area contributed by atoms with Gasteiger partial charge in [-0.1, -0.05) is 11.6 Å². The second-order valence-corrected chi connectivity index (χ2v) is 4.74. The molecule has 16 heavy (non-hydrogen) atoms. The Hall–Kier alpha value is -1.28. The van der Waals surface area contributed by atoms with Crippen molar-refractivity contribution in [3.05, 3.63) is 34.5 Å². The van der Waals surface area contributed by atoms with Gasteiger partial charge in [0.05, 0.1) is 5.69 Å². The number of fused-ring (bicyclic) bond motifs is 3. The fourth-order valence-electron chi connectivity index (χ4n) is 2.43. The van der Waals surface area contributed by atoms with Crippen molar-refractivity contribution in [3.63, 3.8) is 0 Å². The summed E-state index contributed by atoms with van der Waals surface area (Å²) in [4.78, 5) is 15.1. The highest BCUT2D eigenvalue weighted by molar-refractivity contribution is 6.31. The molecule has 2 aromatic rings. The van der Waals surface area contributed by atoms with E-state index in [4.69, 9.17) is 11.6 Å². The van der Waals surface area contributed by atoms with Gasteiger partial charge >= 0.3 is 0 Å². The molecular weight excluding hydrogens is 222 g/mol. The smallest absolute Gasteiger partial charge is 0.179 e. The molecule has 1 aromatic carbocycles. The molecule has 1 heterocycles. The lowest BCUT2D eigenvalue weighted by Gasteiger charge is -1.97. The number of Topliss-reactive ketones (excluding diaryl/α,β-unsaturated/α-hetero) is 1. The topological polar surface area (TPSA) is 32.9 Å². The van der Waals surface area contributed by atoms with Gasteiger partial charge < -0.3 is 4.98 Å². The first-order valence-corrected chi connectivity index (χ1v) is 5.97. The van der Waals surface area contributed by atoms with E-state index in [0.717, 1.165) is 46.4 Å². The van der Waals surface area contributed by atoms with Gasteiger partial charge in [0.1, 0.15) is 0 Å². The number of hydrogen-bond acceptors (Lipinski definition) is 1. The molecule has 0 fully saturated rings. The molecule has 0 atom stereocenters. The van der Waals surface area contributed by atoms with Crippen LogP contribution < -0.4 is 0 Å². The Morgan fingerprint density at radius 1 is 1.19 bits per heavy atom. The monoisotopic (exact) mass is 233 g/mol. The van der Waals surface area contributed by atoms with Gasteiger partial charge in [0.25, 0.3) is 0 Å². The van der Waals surface area contributed by atoms with Crippen molar-refractivity contribution in [3.8, 4) is 0 Å². The number of aromatic nitrogens is 1. The number of nitrogens with one attached hydrogen (secondary N) is 1. The van der Waals surface area contributed by atoms with E-state index in [1.54, 1.807) is 0 Å². The van der Waals surface area contributed by atoms with Crippen molar-refractivity contribution >= 4 is 28.3 Å². The first kappa shape index (κ1) is 9.91. The summed E-state index contributed by atoms with van der Waals surface area (Å²) in [5.41, 5.74) is 2.97. The van der Waals surface area contributed by atoms with Crippen LogP contribution >= 0.6 is 11.6 Å². The summed E-state index contributed by atoms with van der Waals surface area (Å²) in [5.74, 6) is 0.236. The third-order valence-electron chi connectivity index (χ3n) is 3.23. The highest BCUT2D eigenvalue weighted by Gasteiger charge is 2.20. The van der Waals surface area contributed by atoms with Crippen LogP contribution in [0.2, 0.25) is 5.02 Å². The van der Waals surface area contributed by atoms with Crippen molar-refractivity contribution in [1.29, 1.82) is 0 Å². The number of halogens is 1. The van der Waals surface area contributed by atoms with Crippen LogP contribution in [0.3, 0.4) is 0 Å². The minimum atomic E-state index is 0.236. The van der Waals surface area contributed by atoms with Crippen molar-refractivity contribution in [1.82, 2.24) is 4.98 Å². The van der Waals surface area contributed by atoms with E-state index in [-0.39, 0.29) is 5.78 Å². The Bertz CT molecular complexity index is 571. The molecule has 3 rings (SSSR count). The standard InChI is InChI=1S/C13H12ClNO/c14-8-5-6-11-10(7-8)9-3-1-2-4-12(16)13(9)15-11/h5-7,15H,1-4H2. The van der Waals surface area contributed by atoms with Crippen molar-refractivity contribution < 1.29 is 4.79 Å². The van der Waals surface area contributed by atoms with Crippen LogP contribution in [0, 0.1) is 0 Å². The van der Waals surface area contributed by atoms with Crippen LogP contribution in [0.15, 0.2) is 18.2 Å². The minimum Gasteiger partial charge on any atom is -0.352 e. The number of ketones is 1. The maximum atomic E-state index is 11.9. The van der Waals surface area contributed by atoms with Gasteiger partial charge in [-0.15, -0.1) is 0 Å². The molecule has 3 heteroatoms. The third kappa shape index (κ3) is 1.45. The van der Waals surface area contributed by atoms with E-state index in [1.807, 2.05) is 18.2 Å². The number of benzene rings is 1. The lowest BCUT2D eigenvalue weighted by atomic mass is 10.1. The Kier molecular flexibility index (Phi) is 2.25. The molecule has 0 bridgehead atoms. The quantitative estimate of drug-likeness (QED) is 0.691. The SMILES string of the molecule is O=C1CCCCc2c1[nH]c1ccc(Cl)cc21. The fourth-order valence-corrected chi connectivity index (χ4v) is 2.60. The van der Waals surface area contributed by atoms with Crippen LogP contribution in [-0.4, -0.2) is 10.8 Å². The molecule has 0 amide bonds. The molecular formula is C13H12ClNO. The Balaban J connectivity index is 2.30. The summed E-state index contributed by atoms with van der Waals surface area (Å²) in [6.07, 6.45) is 3.70. The van der Waals surface area contributed by atoms with E-state index in [1.165, 1.54) is 0 Å². The molecule has 0 saturated carbocycles. The van der Waals surface area contributed by atoms with Gasteiger partial charge in [-0.2, -0.15) is 0 Å². The first-order valence-electron chi connectivity index (χ1n) is 5.59. The average molecular weight is 234 g/mol. The van der Waals surface area contributed by atoms with Gasteiger partial charge in [-0.05, 0) is 43.0 Å². The number of aromatic amines is 1. The van der Waals surface area contributed by atoms with Crippen LogP contribution in [0.5, 0.6) is 0 Å². The zero-order valence-corrected chi connectivity index (χ0v) is 9.60. The highest BCUT2D eigenvalue weighted by Crippen LogP contribution is 2.30. The number of carbonyl (C=O) groups excluding carboxylic acids is 1. The summed E-state index contributed by atoms with van der Waals surface area (Å²) in [6, 6.07) is 5.74. The summed E-state index contributed by atoms with van der Waals surface area (Å²) in [5, 5.41) is 1.84. The largest absolute Gasteiger partial charge is 0.352 e. The second-order valence-electron chi connectivity index (χ2n) is 4.30. The van der Waals surface area contributed by atoms with E-state index in [2.05, 4.69) is 4.98 Å². The average Bonchev–Trinajstić information content (AvgIpc) is 2.52. The molecule has 1 N–H and O–H groups in total. The zero-order valence-electron chi connectivity index (χ0n) is 8.85. The van der Waals surface area contributed by atoms with Crippen molar-refractivity contribution in [2.75, 3.05) is 0 Å². The number of rotatable bonds is 0. The zero-order chi connectivity index (χ0) is 11.1. The fraction of sp³-hybridized carbons (Fsp3) is 0.308. The normalized spacial score (nSPS) is 16.2. The molecule has 0 spiro atoms. The third-order valence-corrected chi connectivity index (χ3v) is 3.46. The summed E-state index contributed by atoms with van der Waals surface area (Å²) < 4.78 is 0. The maximum Gasteiger partial charge on any atom is 0.179 e. The molecule has 0 aliphatic heterocycles. The number of hydrogen-bond donors (Lipinski definition) is 1. The predicted octanol–water partition coefficient (Wildman–Crippen LogP) is 3.73. The molecule has 0 radical (unpaired) electrons. The van der Waals surface area contributed by atoms with Crippen LogP contribution in [0.4, 0.5) is 0 Å². The number of carbonyl (C=O) groups is 1. The van der Waals surface area contributed by atoms with Crippen molar-refractivity contribution in [2.24, 2.45) is 0 Å². The Labute approximate surface area is 98.6 Å². The summed E-state index contributed by atoms with van der Waals surface area (Å²) in [6.45, 7) is 0. The lowest BCUT2D eigenvalue weighted by molar-refractivity contribution is 0.0978. The molecule has 0 saturated heterocycles. The number of aryl methyl sites for hydroxylation is 1. The Morgan fingerprint density at radius 2 is 2.00 bits per heavy atom. The van der Waals surface area contributed by atoms with Gasteiger partial charge in [0.2, 0.25) is 0 Å². The maximum absolute atomic E-state index is 11.9. The van der Waals surface area contributed by atoms with E-state index >= 15 is 0 Å². The van der Waals surface area contributed by atoms with Gasteiger partial charge in [0.15, 0.2) is 5.78 Å². The highest BCUT2D eigenvalue weighted by atomic mass is 35.5. The first-order chi connectivity index (χ1) is 7.75. The second kappa shape index (κ2) is 3.63. The predicted molar refractivity (Wildman–Crippen MR) is 65.2 cm³/mol. The Morgan fingerprint density at radius 3 is 2.88 bits per heavy atom. The summed E-state index contributed by atoms with van der Waals surface area (Å²) >= 11 is 6.00. The van der Waals surface area contributed by atoms with Crippen LogP contribution in [0.1, 0.15) is 35.3 Å². The minimum absolute atomic E-state index is 0.236. The molecule has 2 nitrogen and oxygen atoms in total. The van der Waals surface area contributed by atoms with E-state index in [0.29, 0.717) is 6.42 Å². The van der Waals surface area contributed by atoms with E-state index < -0.39 is 0 Å². The molecule has 1 aromatic heterocycles.